The van der Waals surface area contributed by atoms with Gasteiger partial charge in [0.2, 0.25) is 5.91 Å². The molecule has 0 radical (unpaired) electrons. The number of nitrogens with one attached hydrogen (secondary N) is 1. The third-order valence-corrected chi connectivity index (χ3v) is 4.20. The van der Waals surface area contributed by atoms with Crippen molar-refractivity contribution < 1.29 is 4.79 Å². The zero-order valence-electron chi connectivity index (χ0n) is 15.5. The molecule has 0 spiro atoms. The molecule has 0 saturated carbocycles. The van der Waals surface area contributed by atoms with Gasteiger partial charge in [0.25, 0.3) is 0 Å². The molecule has 0 aliphatic carbocycles. The van der Waals surface area contributed by atoms with Gasteiger partial charge in [0.05, 0.1) is 21.9 Å². The summed E-state index contributed by atoms with van der Waals surface area (Å²) in [7, 11) is 0. The first-order valence-corrected chi connectivity index (χ1v) is 8.87. The Hall–Kier alpha value is -1.95. The zero-order chi connectivity index (χ0) is 18.1. The van der Waals surface area contributed by atoms with Gasteiger partial charge >= 0.3 is 0 Å². The van der Waals surface area contributed by atoms with E-state index in [1.54, 1.807) is 17.4 Å². The molecule has 2 heterocycles. The summed E-state index contributed by atoms with van der Waals surface area (Å²) in [5, 5.41) is 10.5. The van der Waals surface area contributed by atoms with E-state index in [1.807, 2.05) is 23.1 Å². The van der Waals surface area contributed by atoms with Crippen molar-refractivity contribution in [1.82, 2.24) is 14.8 Å². The van der Waals surface area contributed by atoms with Gasteiger partial charge in [-0.1, -0.05) is 20.8 Å². The molecule has 130 valence electrons. The molecule has 2 aromatic heterocycles. The Kier molecular flexibility index (Phi) is 4.99. The maximum Gasteiger partial charge on any atom is 0.249 e. The summed E-state index contributed by atoms with van der Waals surface area (Å²) in [6, 6.07) is 1.95. The molecule has 1 amide bonds. The smallest absolute Gasteiger partial charge is 0.249 e. The van der Waals surface area contributed by atoms with Crippen LogP contribution in [0.2, 0.25) is 0 Å². The van der Waals surface area contributed by atoms with Crippen molar-refractivity contribution in [2.75, 3.05) is 5.32 Å². The Morgan fingerprint density at radius 3 is 2.42 bits per heavy atom. The van der Waals surface area contributed by atoms with Crippen molar-refractivity contribution in [3.63, 3.8) is 0 Å². The summed E-state index contributed by atoms with van der Waals surface area (Å²) in [6.07, 6.45) is 3.23. The topological polar surface area (TPSA) is 59.8 Å². The van der Waals surface area contributed by atoms with Gasteiger partial charge in [-0.3, -0.25) is 4.79 Å². The minimum Gasteiger partial charge on any atom is -0.307 e. The average Bonchev–Trinajstić information content (AvgIpc) is 3.01. The second kappa shape index (κ2) is 6.51. The Bertz CT molecular complexity index is 757. The number of carbonyl (C=O) groups excluding carboxylic acids is 1. The van der Waals surface area contributed by atoms with E-state index in [2.05, 4.69) is 51.8 Å². The van der Waals surface area contributed by atoms with E-state index in [0.29, 0.717) is 5.82 Å². The van der Waals surface area contributed by atoms with E-state index in [0.717, 1.165) is 16.4 Å². The Balaban J connectivity index is 2.23. The fourth-order valence-electron chi connectivity index (χ4n) is 2.13. The van der Waals surface area contributed by atoms with Crippen molar-refractivity contribution in [1.29, 1.82) is 0 Å². The normalized spacial score (nSPS) is 12.8. The number of amides is 1. The van der Waals surface area contributed by atoms with Crippen molar-refractivity contribution in [3.8, 4) is 0 Å². The number of hydrogen-bond acceptors (Lipinski definition) is 4. The molecule has 0 fully saturated rings. The first-order valence-electron chi connectivity index (χ1n) is 7.99. The lowest BCUT2D eigenvalue weighted by atomic mass is 9.92. The van der Waals surface area contributed by atoms with Gasteiger partial charge < -0.3 is 5.32 Å². The Morgan fingerprint density at radius 2 is 1.92 bits per heavy atom. The fourth-order valence-corrected chi connectivity index (χ4v) is 2.71. The highest BCUT2D eigenvalue weighted by molar-refractivity contribution is 7.09. The molecule has 1 N–H and O–H groups in total. The highest BCUT2D eigenvalue weighted by Crippen LogP contribution is 2.28. The van der Waals surface area contributed by atoms with Crippen LogP contribution in [0.15, 0.2) is 17.5 Å². The quantitative estimate of drug-likeness (QED) is 0.840. The van der Waals surface area contributed by atoms with Crippen molar-refractivity contribution in [2.24, 2.45) is 0 Å². The molecule has 0 atom stereocenters. The minimum atomic E-state index is -0.220. The standard InChI is InChI=1S/C18H26N4OS/c1-12-19-13(11-24-12)8-9-16(23)20-15-10-14(17(2,3)4)21-22(15)18(5,6)7/h8-11H,1-7H3,(H,20,23)/b9-8+. The van der Waals surface area contributed by atoms with Gasteiger partial charge in [0.1, 0.15) is 5.82 Å². The third-order valence-electron chi connectivity index (χ3n) is 3.41. The molecule has 2 aromatic rings. The van der Waals surface area contributed by atoms with E-state index in [1.165, 1.54) is 6.08 Å². The number of carbonyl (C=O) groups is 1. The first kappa shape index (κ1) is 18.4. The maximum atomic E-state index is 12.3. The zero-order valence-corrected chi connectivity index (χ0v) is 16.3. The highest BCUT2D eigenvalue weighted by Gasteiger charge is 2.25. The van der Waals surface area contributed by atoms with Gasteiger partial charge in [-0.2, -0.15) is 5.10 Å². The first-order chi connectivity index (χ1) is 11.0. The van der Waals surface area contributed by atoms with Gasteiger partial charge in [-0.15, -0.1) is 11.3 Å². The molecule has 0 aliphatic heterocycles. The predicted octanol–water partition coefficient (Wildman–Crippen LogP) is 4.35. The molecule has 0 aliphatic rings. The van der Waals surface area contributed by atoms with E-state index >= 15 is 0 Å². The Morgan fingerprint density at radius 1 is 1.25 bits per heavy atom. The van der Waals surface area contributed by atoms with Crippen LogP contribution in [0, 0.1) is 6.92 Å². The largest absolute Gasteiger partial charge is 0.307 e. The summed E-state index contributed by atoms with van der Waals surface area (Å²) in [5.41, 5.74) is 1.45. The SMILES string of the molecule is Cc1nc(/C=C/C(=O)Nc2cc(C(C)(C)C)nn2C(C)(C)C)cs1. The van der Waals surface area contributed by atoms with Crippen LogP contribution in [0.25, 0.3) is 6.08 Å². The van der Waals surface area contributed by atoms with Crippen LogP contribution in [0.3, 0.4) is 0 Å². The summed E-state index contributed by atoms with van der Waals surface area (Å²) in [6.45, 7) is 14.5. The van der Waals surface area contributed by atoms with Gasteiger partial charge in [-0.05, 0) is 33.8 Å². The lowest BCUT2D eigenvalue weighted by Gasteiger charge is -2.22. The molecular weight excluding hydrogens is 320 g/mol. The van der Waals surface area contributed by atoms with Crippen molar-refractivity contribution >= 4 is 29.1 Å². The second-order valence-electron chi connectivity index (χ2n) is 7.86. The van der Waals surface area contributed by atoms with Crippen molar-refractivity contribution in [3.05, 3.63) is 33.9 Å². The van der Waals surface area contributed by atoms with Crippen LogP contribution in [-0.2, 0) is 15.7 Å². The molecule has 2 rings (SSSR count). The summed E-state index contributed by atoms with van der Waals surface area (Å²) in [5.74, 6) is 0.517. The monoisotopic (exact) mass is 346 g/mol. The van der Waals surface area contributed by atoms with E-state index < -0.39 is 0 Å². The number of anilines is 1. The van der Waals surface area contributed by atoms with Crippen LogP contribution in [0.4, 0.5) is 5.82 Å². The lowest BCUT2D eigenvalue weighted by molar-refractivity contribution is -0.111. The molecule has 6 heteroatoms. The van der Waals surface area contributed by atoms with Gasteiger partial charge in [0, 0.05) is 22.9 Å². The number of aromatic nitrogens is 3. The molecule has 24 heavy (non-hydrogen) atoms. The van der Waals surface area contributed by atoms with Gasteiger partial charge in [-0.25, -0.2) is 9.67 Å². The van der Waals surface area contributed by atoms with E-state index in [4.69, 9.17) is 5.10 Å². The van der Waals surface area contributed by atoms with Crippen LogP contribution in [0.1, 0.15) is 57.9 Å². The average molecular weight is 347 g/mol. The number of hydrogen-bond donors (Lipinski definition) is 1. The van der Waals surface area contributed by atoms with Crippen LogP contribution in [-0.4, -0.2) is 20.7 Å². The van der Waals surface area contributed by atoms with Gasteiger partial charge in [0.15, 0.2) is 0 Å². The molecule has 0 saturated heterocycles. The molecule has 0 aromatic carbocycles. The molecule has 0 bridgehead atoms. The molecule has 5 nitrogen and oxygen atoms in total. The van der Waals surface area contributed by atoms with Crippen LogP contribution in [0.5, 0.6) is 0 Å². The predicted molar refractivity (Wildman–Crippen MR) is 100 cm³/mol. The number of rotatable bonds is 3. The Labute approximate surface area is 147 Å². The summed E-state index contributed by atoms with van der Waals surface area (Å²) in [4.78, 5) is 16.6. The minimum absolute atomic E-state index is 0.0794. The fraction of sp³-hybridized carbons (Fsp3) is 0.500. The number of aryl methyl sites for hydroxylation is 1. The highest BCUT2D eigenvalue weighted by atomic mass is 32.1. The number of nitrogens with zero attached hydrogens (tertiary/aromatic N) is 3. The summed E-state index contributed by atoms with van der Waals surface area (Å²) >= 11 is 1.56. The summed E-state index contributed by atoms with van der Waals surface area (Å²) < 4.78 is 1.87. The molecular formula is C18H26N4OS. The van der Waals surface area contributed by atoms with Crippen molar-refractivity contribution in [2.45, 2.75) is 59.4 Å². The lowest BCUT2D eigenvalue weighted by Crippen LogP contribution is -2.27. The third kappa shape index (κ3) is 4.54. The van der Waals surface area contributed by atoms with E-state index in [-0.39, 0.29) is 16.9 Å². The number of thiazole rings is 1. The van der Waals surface area contributed by atoms with Crippen LogP contribution < -0.4 is 5.32 Å². The van der Waals surface area contributed by atoms with E-state index in [9.17, 15) is 4.79 Å². The second-order valence-corrected chi connectivity index (χ2v) is 8.92. The maximum absolute atomic E-state index is 12.3. The molecule has 0 unspecified atom stereocenters. The van der Waals surface area contributed by atoms with Crippen LogP contribution >= 0.6 is 11.3 Å².